The van der Waals surface area contributed by atoms with E-state index in [1.54, 1.807) is 0 Å². The number of hydrogen-bond acceptors (Lipinski definition) is 12. The molecule has 0 unspecified atom stereocenters. The minimum Gasteiger partial charge on any atom is -0.366 e. The maximum Gasteiger partial charge on any atom is 0.264 e. The van der Waals surface area contributed by atoms with Gasteiger partial charge in [0.15, 0.2) is 6.29 Å². The smallest absolute Gasteiger partial charge is 0.264 e. The molecule has 1 aliphatic rings. The summed E-state index contributed by atoms with van der Waals surface area (Å²) in [5.41, 5.74) is 0. The summed E-state index contributed by atoms with van der Waals surface area (Å²) >= 11 is 0. The minimum absolute atomic E-state index is 0.650. The lowest BCUT2D eigenvalue weighted by atomic mass is 9.97. The Morgan fingerprint density at radius 1 is 0.963 bits per heavy atom. The number of carbonyl (C=O) groups is 1. The number of nitrogens with one attached hydrogen (secondary N) is 1. The average Bonchev–Trinajstić information content (AvgIpc) is 2.40. The monoisotopic (exact) mass is 455 g/mol. The van der Waals surface area contributed by atoms with Crippen LogP contribution in [-0.4, -0.2) is 92.3 Å². The summed E-state index contributed by atoms with van der Waals surface area (Å²) in [4.78, 5) is 11.4. The molecule has 1 aliphatic heterocycles. The third kappa shape index (κ3) is 8.77. The second kappa shape index (κ2) is 8.64. The van der Waals surface area contributed by atoms with Gasteiger partial charge < -0.3 is 15.2 Å². The van der Waals surface area contributed by atoms with Gasteiger partial charge in [0.05, 0.1) is 25.4 Å². The molecule has 1 amide bonds. The topological polar surface area (TPSA) is 189 Å². The van der Waals surface area contributed by atoms with Gasteiger partial charge in [0, 0.05) is 6.92 Å². The van der Waals surface area contributed by atoms with Crippen LogP contribution in [0, 0.1) is 0 Å². The zero-order valence-corrected chi connectivity index (χ0v) is 17.2. The number of rotatable bonds is 8. The lowest BCUT2D eigenvalue weighted by molar-refractivity contribution is -0.241. The Hall–Kier alpha value is -0.880. The van der Waals surface area contributed by atoms with E-state index in [1.807, 2.05) is 0 Å². The van der Waals surface area contributed by atoms with E-state index in [0.29, 0.717) is 18.8 Å². The lowest BCUT2D eigenvalue weighted by Gasteiger charge is -2.43. The first-order valence-corrected chi connectivity index (χ1v) is 12.6. The predicted molar refractivity (Wildman–Crippen MR) is 88.7 cm³/mol. The summed E-state index contributed by atoms with van der Waals surface area (Å²) < 4.78 is 87.9. The molecule has 0 aromatic heterocycles. The molecule has 1 fully saturated rings. The zero-order valence-electron chi connectivity index (χ0n) is 14.8. The first-order valence-electron chi connectivity index (χ1n) is 7.20. The molecule has 160 valence electrons. The highest BCUT2D eigenvalue weighted by Gasteiger charge is 2.50. The fraction of sp³-hybridized carbons (Fsp3) is 0.909. The fourth-order valence-electron chi connectivity index (χ4n) is 2.27. The predicted octanol–water partition coefficient (Wildman–Crippen LogP) is -3.13. The number of carbonyl (C=O) groups excluding carboxylic acids is 1. The molecule has 0 radical (unpaired) electrons. The van der Waals surface area contributed by atoms with Crippen molar-refractivity contribution in [2.24, 2.45) is 0 Å². The molecule has 5 atom stereocenters. The molecule has 2 N–H and O–H groups in total. The second-order valence-corrected chi connectivity index (χ2v) is 10.7. The van der Waals surface area contributed by atoms with Gasteiger partial charge in [-0.05, 0) is 0 Å². The van der Waals surface area contributed by atoms with E-state index in [-0.39, 0.29) is 0 Å². The lowest BCUT2D eigenvalue weighted by Crippen LogP contribution is -2.66. The summed E-state index contributed by atoms with van der Waals surface area (Å²) in [6, 6.07) is -1.54. The number of aliphatic hydroxyl groups is 1. The van der Waals surface area contributed by atoms with Gasteiger partial charge in [-0.1, -0.05) is 0 Å². The number of hydrogen-bond donors (Lipinski definition) is 2. The summed E-state index contributed by atoms with van der Waals surface area (Å²) in [7, 11) is -12.4. The minimum atomic E-state index is -4.22. The van der Waals surface area contributed by atoms with Crippen molar-refractivity contribution >= 4 is 36.3 Å². The van der Waals surface area contributed by atoms with E-state index in [4.69, 9.17) is 13.1 Å². The highest BCUT2D eigenvalue weighted by Crippen LogP contribution is 2.28. The summed E-state index contributed by atoms with van der Waals surface area (Å²) in [5, 5.41) is 12.3. The van der Waals surface area contributed by atoms with Crippen molar-refractivity contribution < 1.29 is 52.4 Å². The molecule has 1 saturated heterocycles. The largest absolute Gasteiger partial charge is 0.366 e. The Morgan fingerprint density at radius 2 is 1.44 bits per heavy atom. The standard InChI is InChI=1S/C11H21NO12S3/c1-6(13)12-8-10(24-27(4,19)20)9(23-26(3,17)18)7(22-11(8)14)5-21-25(2,15)16/h7-11,14H,5H2,1-4H3,(H,12,13)/t7-,8-,9-,10+,11+/m1/s1. The number of aliphatic hydroxyl groups excluding tert-OH is 1. The van der Waals surface area contributed by atoms with Crippen LogP contribution >= 0.6 is 0 Å². The van der Waals surface area contributed by atoms with Crippen LogP contribution in [0.5, 0.6) is 0 Å². The molecule has 1 rings (SSSR count). The van der Waals surface area contributed by atoms with Gasteiger partial charge in [0.2, 0.25) is 5.91 Å². The summed E-state index contributed by atoms with van der Waals surface area (Å²) in [5.74, 6) is -0.714. The van der Waals surface area contributed by atoms with E-state index >= 15 is 0 Å². The van der Waals surface area contributed by atoms with Crippen molar-refractivity contribution in [2.75, 3.05) is 25.4 Å². The first kappa shape index (κ1) is 24.2. The second-order valence-electron chi connectivity index (χ2n) is 5.81. The van der Waals surface area contributed by atoms with Gasteiger partial charge in [0.1, 0.15) is 24.4 Å². The fourth-order valence-corrected chi connectivity index (χ4v) is 3.92. The van der Waals surface area contributed by atoms with Gasteiger partial charge in [0.25, 0.3) is 30.4 Å². The molecule has 13 nitrogen and oxygen atoms in total. The van der Waals surface area contributed by atoms with Crippen LogP contribution in [0.4, 0.5) is 0 Å². The number of amides is 1. The Labute approximate surface area is 157 Å². The van der Waals surface area contributed by atoms with Gasteiger partial charge >= 0.3 is 0 Å². The van der Waals surface area contributed by atoms with E-state index in [9.17, 15) is 35.2 Å². The molecule has 0 aromatic carbocycles. The molecule has 0 bridgehead atoms. The Kier molecular flexibility index (Phi) is 7.73. The van der Waals surface area contributed by atoms with Crippen LogP contribution in [0.25, 0.3) is 0 Å². The molecule has 1 heterocycles. The van der Waals surface area contributed by atoms with Crippen LogP contribution in [-0.2, 0) is 52.4 Å². The molecule has 0 aromatic rings. The van der Waals surface area contributed by atoms with Gasteiger partial charge in [-0.2, -0.15) is 25.3 Å². The van der Waals surface area contributed by atoms with Crippen LogP contribution in [0.15, 0.2) is 0 Å². The summed E-state index contributed by atoms with van der Waals surface area (Å²) in [6.07, 6.45) is -4.97. The normalized spacial score (nSPS) is 30.0. The first-order chi connectivity index (χ1) is 12.0. The van der Waals surface area contributed by atoms with Crippen molar-refractivity contribution in [2.45, 2.75) is 37.6 Å². The van der Waals surface area contributed by atoms with Crippen molar-refractivity contribution in [1.29, 1.82) is 0 Å². The summed E-state index contributed by atoms with van der Waals surface area (Å²) in [6.45, 7) is 0.238. The zero-order chi connectivity index (χ0) is 21.2. The van der Waals surface area contributed by atoms with Gasteiger partial charge in [-0.3, -0.25) is 17.3 Å². The van der Waals surface area contributed by atoms with E-state index in [1.165, 1.54) is 0 Å². The van der Waals surface area contributed by atoms with Gasteiger partial charge in [-0.15, -0.1) is 0 Å². The Bertz CT molecular complexity index is 849. The quantitative estimate of drug-likeness (QED) is 0.351. The van der Waals surface area contributed by atoms with E-state index < -0.39 is 73.5 Å². The van der Waals surface area contributed by atoms with Crippen LogP contribution in [0.2, 0.25) is 0 Å². The maximum absolute atomic E-state index is 11.6. The van der Waals surface area contributed by atoms with Crippen molar-refractivity contribution in [3.8, 4) is 0 Å². The van der Waals surface area contributed by atoms with Crippen LogP contribution in [0.1, 0.15) is 6.92 Å². The van der Waals surface area contributed by atoms with Gasteiger partial charge in [-0.25, -0.2) is 0 Å². The Balaban J connectivity index is 3.34. The average molecular weight is 455 g/mol. The van der Waals surface area contributed by atoms with E-state index in [0.717, 1.165) is 6.92 Å². The third-order valence-electron chi connectivity index (χ3n) is 3.05. The van der Waals surface area contributed by atoms with E-state index in [2.05, 4.69) is 9.50 Å². The molecule has 16 heteroatoms. The maximum atomic E-state index is 11.6. The molecule has 0 spiro atoms. The molecule has 27 heavy (non-hydrogen) atoms. The van der Waals surface area contributed by atoms with Crippen LogP contribution < -0.4 is 5.32 Å². The SMILES string of the molecule is CC(=O)N[C@@H]1[C@H](OS(C)(=O)=O)[C@H](OS(C)(=O)=O)[C@@H](COS(C)(=O)=O)O[C@@H]1O. The third-order valence-corrected chi connectivity index (χ3v) is 4.76. The number of ether oxygens (including phenoxy) is 1. The highest BCUT2D eigenvalue weighted by molar-refractivity contribution is 7.86. The van der Waals surface area contributed by atoms with Crippen molar-refractivity contribution in [1.82, 2.24) is 5.32 Å². The molecular formula is C11H21NO12S3. The molecule has 0 saturated carbocycles. The highest BCUT2D eigenvalue weighted by atomic mass is 32.2. The van der Waals surface area contributed by atoms with Crippen molar-refractivity contribution in [3.63, 3.8) is 0 Å². The molecule has 0 aliphatic carbocycles. The van der Waals surface area contributed by atoms with Crippen LogP contribution in [0.3, 0.4) is 0 Å². The molecular weight excluding hydrogens is 434 g/mol. The van der Waals surface area contributed by atoms with Crippen molar-refractivity contribution in [3.05, 3.63) is 0 Å². The Morgan fingerprint density at radius 3 is 1.85 bits per heavy atom.